The molecule has 1 aromatic carbocycles. The lowest BCUT2D eigenvalue weighted by atomic mass is 10.2. The molecule has 0 bridgehead atoms. The van der Waals surface area contributed by atoms with Gasteiger partial charge in [-0.15, -0.1) is 0 Å². The molecule has 5 nitrogen and oxygen atoms in total. The van der Waals surface area contributed by atoms with Crippen molar-refractivity contribution in [2.45, 2.75) is 20.4 Å². The van der Waals surface area contributed by atoms with E-state index < -0.39 is 0 Å². The van der Waals surface area contributed by atoms with E-state index in [4.69, 9.17) is 4.42 Å². The number of phenols is 1. The summed E-state index contributed by atoms with van der Waals surface area (Å²) >= 11 is 0. The van der Waals surface area contributed by atoms with Gasteiger partial charge < -0.3 is 14.4 Å². The number of aromatic hydroxyl groups is 1. The Bertz CT molecular complexity index is 587. The molecule has 19 heavy (non-hydrogen) atoms. The third kappa shape index (κ3) is 2.93. The van der Waals surface area contributed by atoms with Gasteiger partial charge in [-0.2, -0.15) is 0 Å². The fourth-order valence-corrected chi connectivity index (χ4v) is 1.85. The molecule has 1 amide bonds. The van der Waals surface area contributed by atoms with Gasteiger partial charge in [-0.1, -0.05) is 12.1 Å². The van der Waals surface area contributed by atoms with Crippen molar-refractivity contribution in [3.63, 3.8) is 0 Å². The topological polar surface area (TPSA) is 66.6 Å². The van der Waals surface area contributed by atoms with Crippen LogP contribution in [0.3, 0.4) is 0 Å². The Morgan fingerprint density at radius 1 is 1.32 bits per heavy atom. The summed E-state index contributed by atoms with van der Waals surface area (Å²) < 4.78 is 5.31. The second-order valence-corrected chi connectivity index (χ2v) is 4.48. The lowest BCUT2D eigenvalue weighted by Crippen LogP contribution is -2.26. The highest BCUT2D eigenvalue weighted by Gasteiger charge is 2.19. The Hall–Kier alpha value is -2.30. The Morgan fingerprint density at radius 2 is 1.95 bits per heavy atom. The van der Waals surface area contributed by atoms with Crippen molar-refractivity contribution in [2.75, 3.05) is 7.05 Å². The quantitative estimate of drug-likeness (QED) is 0.919. The van der Waals surface area contributed by atoms with E-state index in [2.05, 4.69) is 4.98 Å². The van der Waals surface area contributed by atoms with Gasteiger partial charge in [0.2, 0.25) is 5.76 Å². The highest BCUT2D eigenvalue weighted by Crippen LogP contribution is 2.15. The van der Waals surface area contributed by atoms with Crippen LogP contribution in [0, 0.1) is 13.8 Å². The molecule has 2 rings (SSSR count). The smallest absolute Gasteiger partial charge is 0.291 e. The lowest BCUT2D eigenvalue weighted by Gasteiger charge is -2.16. The minimum Gasteiger partial charge on any atom is -0.508 e. The van der Waals surface area contributed by atoms with Crippen molar-refractivity contribution < 1.29 is 14.3 Å². The molecule has 0 saturated heterocycles. The number of aryl methyl sites for hydroxylation is 2. The van der Waals surface area contributed by atoms with E-state index in [0.29, 0.717) is 18.1 Å². The Balaban J connectivity index is 2.11. The molecule has 0 fully saturated rings. The zero-order valence-corrected chi connectivity index (χ0v) is 11.2. The number of carbonyl (C=O) groups excluding carboxylic acids is 1. The van der Waals surface area contributed by atoms with Crippen LogP contribution in [-0.2, 0) is 6.54 Å². The summed E-state index contributed by atoms with van der Waals surface area (Å²) in [6.07, 6.45) is 0. The largest absolute Gasteiger partial charge is 0.508 e. The summed E-state index contributed by atoms with van der Waals surface area (Å²) in [6.45, 7) is 3.90. The molecule has 0 spiro atoms. The first-order valence-corrected chi connectivity index (χ1v) is 5.95. The molecular weight excluding hydrogens is 244 g/mol. The number of hydrogen-bond acceptors (Lipinski definition) is 4. The van der Waals surface area contributed by atoms with Crippen molar-refractivity contribution in [1.29, 1.82) is 0 Å². The molecule has 1 N–H and O–H groups in total. The second-order valence-electron chi connectivity index (χ2n) is 4.48. The number of hydrogen-bond donors (Lipinski definition) is 1. The molecule has 0 aliphatic heterocycles. The van der Waals surface area contributed by atoms with Crippen molar-refractivity contribution in [2.24, 2.45) is 0 Å². The predicted molar refractivity (Wildman–Crippen MR) is 69.9 cm³/mol. The van der Waals surface area contributed by atoms with Gasteiger partial charge in [0.15, 0.2) is 5.89 Å². The summed E-state index contributed by atoms with van der Waals surface area (Å²) in [5.41, 5.74) is 1.53. The van der Waals surface area contributed by atoms with E-state index >= 15 is 0 Å². The van der Waals surface area contributed by atoms with Gasteiger partial charge in [-0.05, 0) is 24.6 Å². The van der Waals surface area contributed by atoms with Crippen LogP contribution in [0.25, 0.3) is 0 Å². The number of aromatic nitrogens is 1. The molecule has 0 aliphatic carbocycles. The van der Waals surface area contributed by atoms with Gasteiger partial charge in [0.05, 0.1) is 5.69 Å². The van der Waals surface area contributed by atoms with E-state index in [-0.39, 0.29) is 17.4 Å². The molecule has 0 unspecified atom stereocenters. The highest BCUT2D eigenvalue weighted by molar-refractivity contribution is 5.92. The standard InChI is InChI=1S/C14H16N2O3/c1-9-13(19-10(2)15-9)14(18)16(3)8-11-4-6-12(17)7-5-11/h4-7,17H,8H2,1-3H3. The third-order valence-corrected chi connectivity index (χ3v) is 2.80. The molecule has 0 saturated carbocycles. The number of benzene rings is 1. The van der Waals surface area contributed by atoms with Crippen LogP contribution in [0.5, 0.6) is 5.75 Å². The molecule has 2 aromatic rings. The Morgan fingerprint density at radius 3 is 2.47 bits per heavy atom. The first-order chi connectivity index (χ1) is 8.97. The summed E-state index contributed by atoms with van der Waals surface area (Å²) in [5, 5.41) is 9.21. The summed E-state index contributed by atoms with van der Waals surface area (Å²) in [4.78, 5) is 17.8. The normalized spacial score (nSPS) is 10.5. The van der Waals surface area contributed by atoms with Crippen LogP contribution in [0.2, 0.25) is 0 Å². The van der Waals surface area contributed by atoms with E-state index in [1.807, 2.05) is 0 Å². The van der Waals surface area contributed by atoms with Crippen LogP contribution in [0.15, 0.2) is 28.7 Å². The summed E-state index contributed by atoms with van der Waals surface area (Å²) in [5.74, 6) is 0.767. The fourth-order valence-electron chi connectivity index (χ4n) is 1.85. The minimum atomic E-state index is -0.203. The summed E-state index contributed by atoms with van der Waals surface area (Å²) in [7, 11) is 1.70. The maximum Gasteiger partial charge on any atom is 0.291 e. The number of oxazole rings is 1. The van der Waals surface area contributed by atoms with Crippen LogP contribution < -0.4 is 0 Å². The molecule has 1 heterocycles. The number of nitrogens with zero attached hydrogens (tertiary/aromatic N) is 2. The molecule has 0 aliphatic rings. The van der Waals surface area contributed by atoms with E-state index in [9.17, 15) is 9.90 Å². The van der Waals surface area contributed by atoms with E-state index in [1.165, 1.54) is 0 Å². The van der Waals surface area contributed by atoms with Crippen molar-refractivity contribution in [3.8, 4) is 5.75 Å². The fraction of sp³-hybridized carbons (Fsp3) is 0.286. The zero-order valence-electron chi connectivity index (χ0n) is 11.2. The van der Waals surface area contributed by atoms with Gasteiger partial charge in [-0.25, -0.2) is 4.98 Å². The van der Waals surface area contributed by atoms with Crippen molar-refractivity contribution >= 4 is 5.91 Å². The lowest BCUT2D eigenvalue weighted by molar-refractivity contribution is 0.0751. The van der Waals surface area contributed by atoms with Gasteiger partial charge in [0.1, 0.15) is 5.75 Å². The van der Waals surface area contributed by atoms with Crippen LogP contribution in [-0.4, -0.2) is 27.9 Å². The minimum absolute atomic E-state index is 0.203. The van der Waals surface area contributed by atoms with E-state index in [1.54, 1.807) is 50.1 Å². The first kappa shape index (κ1) is 13.1. The number of carbonyl (C=O) groups is 1. The van der Waals surface area contributed by atoms with Crippen LogP contribution in [0.4, 0.5) is 0 Å². The van der Waals surface area contributed by atoms with Crippen molar-refractivity contribution in [1.82, 2.24) is 9.88 Å². The average Bonchev–Trinajstić information content (AvgIpc) is 2.70. The SMILES string of the molecule is Cc1nc(C)c(C(=O)N(C)Cc2ccc(O)cc2)o1. The Kier molecular flexibility index (Phi) is 3.55. The maximum atomic E-state index is 12.2. The van der Waals surface area contributed by atoms with Gasteiger partial charge in [0, 0.05) is 20.5 Å². The number of phenolic OH excluding ortho intramolecular Hbond substituents is 1. The predicted octanol–water partition coefficient (Wildman–Crippen LogP) is 2.27. The monoisotopic (exact) mass is 260 g/mol. The zero-order chi connectivity index (χ0) is 14.0. The van der Waals surface area contributed by atoms with Crippen molar-refractivity contribution in [3.05, 3.63) is 47.2 Å². The third-order valence-electron chi connectivity index (χ3n) is 2.80. The maximum absolute atomic E-state index is 12.2. The van der Waals surface area contributed by atoms with E-state index in [0.717, 1.165) is 5.56 Å². The van der Waals surface area contributed by atoms with Gasteiger partial charge in [0.25, 0.3) is 5.91 Å². The molecule has 5 heteroatoms. The number of amides is 1. The van der Waals surface area contributed by atoms with Crippen LogP contribution >= 0.6 is 0 Å². The molecular formula is C14H16N2O3. The first-order valence-electron chi connectivity index (χ1n) is 5.95. The van der Waals surface area contributed by atoms with Gasteiger partial charge in [-0.3, -0.25) is 4.79 Å². The second kappa shape index (κ2) is 5.14. The van der Waals surface area contributed by atoms with Gasteiger partial charge >= 0.3 is 0 Å². The molecule has 0 radical (unpaired) electrons. The molecule has 0 atom stereocenters. The Labute approximate surface area is 111 Å². The van der Waals surface area contributed by atoms with Crippen LogP contribution in [0.1, 0.15) is 27.7 Å². The average molecular weight is 260 g/mol. The highest BCUT2D eigenvalue weighted by atomic mass is 16.4. The number of rotatable bonds is 3. The molecule has 1 aromatic heterocycles. The molecule has 100 valence electrons. The summed E-state index contributed by atoms with van der Waals surface area (Å²) in [6, 6.07) is 6.74.